The summed E-state index contributed by atoms with van der Waals surface area (Å²) in [7, 11) is 0. The Kier molecular flexibility index (Phi) is 3.28. The van der Waals surface area contributed by atoms with Gasteiger partial charge in [-0.2, -0.15) is 18.6 Å². The van der Waals surface area contributed by atoms with Gasteiger partial charge in [-0.1, -0.05) is 0 Å². The van der Waals surface area contributed by atoms with Crippen LogP contribution < -0.4 is 5.32 Å². The minimum absolute atomic E-state index is 0.0406. The Morgan fingerprint density at radius 3 is 2.71 bits per heavy atom. The average Bonchev–Trinajstić information content (AvgIpc) is 2.73. The van der Waals surface area contributed by atoms with Crippen molar-refractivity contribution >= 4 is 0 Å². The molecule has 2 heterocycles. The van der Waals surface area contributed by atoms with Crippen molar-refractivity contribution in [3.05, 3.63) is 11.8 Å². The highest BCUT2D eigenvalue weighted by atomic mass is 19.3. The highest BCUT2D eigenvalue weighted by Gasteiger charge is 2.36. The lowest BCUT2D eigenvalue weighted by atomic mass is 9.95. The van der Waals surface area contributed by atoms with Crippen LogP contribution in [-0.4, -0.2) is 34.7 Å². The van der Waals surface area contributed by atoms with E-state index < -0.39 is 18.6 Å². The van der Waals surface area contributed by atoms with Crippen LogP contribution in [0.1, 0.15) is 24.5 Å². The first-order chi connectivity index (χ1) is 8.04. The first-order valence-corrected chi connectivity index (χ1v) is 5.48. The first-order valence-electron chi connectivity index (χ1n) is 5.48. The predicted molar refractivity (Wildman–Crippen MR) is 54.9 cm³/mol. The quantitative estimate of drug-likeness (QED) is 0.855. The SMILES string of the molecule is Oc1cc(C2CCNCC2)nn1C(F)(F)CF. The summed E-state index contributed by atoms with van der Waals surface area (Å²) in [6.07, 6.45) is 1.55. The Morgan fingerprint density at radius 1 is 1.47 bits per heavy atom. The molecule has 1 saturated heterocycles. The molecule has 1 aromatic heterocycles. The molecule has 1 aliphatic heterocycles. The van der Waals surface area contributed by atoms with E-state index in [0.29, 0.717) is 5.69 Å². The monoisotopic (exact) mass is 249 g/mol. The van der Waals surface area contributed by atoms with Crippen molar-refractivity contribution < 1.29 is 18.3 Å². The molecule has 0 spiro atoms. The van der Waals surface area contributed by atoms with Crippen molar-refractivity contribution in [2.45, 2.75) is 24.8 Å². The lowest BCUT2D eigenvalue weighted by Crippen LogP contribution is -2.28. The molecule has 2 rings (SSSR count). The Labute approximate surface area is 96.4 Å². The number of nitrogens with zero attached hydrogens (tertiary/aromatic N) is 2. The second-order valence-electron chi connectivity index (χ2n) is 4.16. The van der Waals surface area contributed by atoms with Gasteiger partial charge in [0, 0.05) is 12.0 Å². The molecule has 0 bridgehead atoms. The number of hydrogen-bond acceptors (Lipinski definition) is 3. The van der Waals surface area contributed by atoms with Crippen LogP contribution in [0.15, 0.2) is 6.07 Å². The zero-order chi connectivity index (χ0) is 12.5. The van der Waals surface area contributed by atoms with E-state index in [1.165, 1.54) is 6.07 Å². The van der Waals surface area contributed by atoms with Crippen LogP contribution in [0.5, 0.6) is 5.88 Å². The summed E-state index contributed by atoms with van der Waals surface area (Å²) in [5, 5.41) is 16.1. The van der Waals surface area contributed by atoms with Gasteiger partial charge in [0.15, 0.2) is 6.67 Å². The number of nitrogens with one attached hydrogen (secondary N) is 1. The van der Waals surface area contributed by atoms with Crippen molar-refractivity contribution in [2.75, 3.05) is 19.8 Å². The molecule has 0 atom stereocenters. The summed E-state index contributed by atoms with van der Waals surface area (Å²) in [4.78, 5) is 0. The Balaban J connectivity index is 2.23. The van der Waals surface area contributed by atoms with Crippen LogP contribution in [0.4, 0.5) is 13.2 Å². The number of piperidine rings is 1. The highest BCUT2D eigenvalue weighted by molar-refractivity contribution is 5.19. The lowest BCUT2D eigenvalue weighted by Gasteiger charge is -2.20. The summed E-state index contributed by atoms with van der Waals surface area (Å²) in [5.41, 5.74) is 0.400. The van der Waals surface area contributed by atoms with Gasteiger partial charge in [0.25, 0.3) is 0 Å². The van der Waals surface area contributed by atoms with Crippen LogP contribution in [-0.2, 0) is 6.05 Å². The van der Waals surface area contributed by atoms with Gasteiger partial charge in [0.2, 0.25) is 5.88 Å². The van der Waals surface area contributed by atoms with Crippen molar-refractivity contribution in [1.29, 1.82) is 0 Å². The highest BCUT2D eigenvalue weighted by Crippen LogP contribution is 2.31. The molecule has 0 aromatic carbocycles. The van der Waals surface area contributed by atoms with Crippen molar-refractivity contribution in [3.8, 4) is 5.88 Å². The van der Waals surface area contributed by atoms with Gasteiger partial charge in [0.1, 0.15) is 0 Å². The zero-order valence-corrected chi connectivity index (χ0v) is 9.17. The van der Waals surface area contributed by atoms with Crippen LogP contribution in [0.2, 0.25) is 0 Å². The largest absolute Gasteiger partial charge is 0.493 e. The van der Waals surface area contributed by atoms with E-state index in [2.05, 4.69) is 10.4 Å². The van der Waals surface area contributed by atoms with Gasteiger partial charge in [-0.25, -0.2) is 4.39 Å². The molecule has 4 nitrogen and oxygen atoms in total. The van der Waals surface area contributed by atoms with Crippen LogP contribution in [0.25, 0.3) is 0 Å². The number of halogens is 3. The standard InChI is InChI=1S/C10H14F3N3O/c11-6-10(12,13)16-9(17)5-8(15-16)7-1-3-14-4-2-7/h5,7,14,17H,1-4,6H2. The Hall–Kier alpha value is -1.24. The fraction of sp³-hybridized carbons (Fsp3) is 0.700. The van der Waals surface area contributed by atoms with Crippen molar-refractivity contribution in [3.63, 3.8) is 0 Å². The number of alkyl halides is 3. The van der Waals surface area contributed by atoms with Crippen molar-refractivity contribution in [2.24, 2.45) is 0 Å². The fourth-order valence-electron chi connectivity index (χ4n) is 2.00. The van der Waals surface area contributed by atoms with Gasteiger partial charge in [-0.15, -0.1) is 0 Å². The maximum atomic E-state index is 13.1. The third-order valence-corrected chi connectivity index (χ3v) is 2.94. The van der Waals surface area contributed by atoms with Crippen LogP contribution in [0.3, 0.4) is 0 Å². The first kappa shape index (κ1) is 12.2. The summed E-state index contributed by atoms with van der Waals surface area (Å²) in [6, 6.07) is -2.59. The maximum absolute atomic E-state index is 13.1. The summed E-state index contributed by atoms with van der Waals surface area (Å²) >= 11 is 0. The molecule has 1 aromatic rings. The normalized spacial score (nSPS) is 18.5. The molecule has 1 fully saturated rings. The molecule has 17 heavy (non-hydrogen) atoms. The van der Waals surface area contributed by atoms with Gasteiger partial charge in [-0.3, -0.25) is 0 Å². The fourth-order valence-corrected chi connectivity index (χ4v) is 2.00. The molecular formula is C10H14F3N3O. The second-order valence-corrected chi connectivity index (χ2v) is 4.16. The van der Waals surface area contributed by atoms with Gasteiger partial charge in [0.05, 0.1) is 5.69 Å². The van der Waals surface area contributed by atoms with E-state index in [4.69, 9.17) is 0 Å². The van der Waals surface area contributed by atoms with E-state index in [-0.39, 0.29) is 10.6 Å². The minimum Gasteiger partial charge on any atom is -0.493 e. The predicted octanol–water partition coefficient (Wildman–Crippen LogP) is 1.57. The molecule has 96 valence electrons. The number of aromatic nitrogens is 2. The minimum atomic E-state index is -3.78. The molecule has 7 heteroatoms. The van der Waals surface area contributed by atoms with Gasteiger partial charge < -0.3 is 10.4 Å². The van der Waals surface area contributed by atoms with E-state index in [1.54, 1.807) is 0 Å². The van der Waals surface area contributed by atoms with E-state index in [1.807, 2.05) is 0 Å². The molecule has 0 saturated carbocycles. The molecule has 0 unspecified atom stereocenters. The third kappa shape index (κ3) is 2.38. The maximum Gasteiger partial charge on any atom is 0.374 e. The summed E-state index contributed by atoms with van der Waals surface area (Å²) in [6.45, 7) is -0.302. The smallest absolute Gasteiger partial charge is 0.374 e. The molecule has 0 amide bonds. The van der Waals surface area contributed by atoms with E-state index in [0.717, 1.165) is 25.9 Å². The van der Waals surface area contributed by atoms with Crippen molar-refractivity contribution in [1.82, 2.24) is 15.1 Å². The number of rotatable bonds is 3. The zero-order valence-electron chi connectivity index (χ0n) is 9.17. The molecular weight excluding hydrogens is 235 g/mol. The van der Waals surface area contributed by atoms with Gasteiger partial charge in [-0.05, 0) is 25.9 Å². The van der Waals surface area contributed by atoms with Crippen LogP contribution in [0, 0.1) is 0 Å². The molecule has 0 radical (unpaired) electrons. The van der Waals surface area contributed by atoms with E-state index >= 15 is 0 Å². The van der Waals surface area contributed by atoms with E-state index in [9.17, 15) is 18.3 Å². The number of aromatic hydroxyl groups is 1. The molecule has 2 N–H and O–H groups in total. The lowest BCUT2D eigenvalue weighted by molar-refractivity contribution is -0.113. The Morgan fingerprint density at radius 2 is 2.12 bits per heavy atom. The third-order valence-electron chi connectivity index (χ3n) is 2.94. The van der Waals surface area contributed by atoms with Gasteiger partial charge >= 0.3 is 6.05 Å². The topological polar surface area (TPSA) is 50.1 Å². The molecule has 1 aliphatic rings. The van der Waals surface area contributed by atoms with Crippen LogP contribution >= 0.6 is 0 Å². The summed E-state index contributed by atoms with van der Waals surface area (Å²) < 4.78 is 38.4. The number of hydrogen-bond donors (Lipinski definition) is 2. The average molecular weight is 249 g/mol. The summed E-state index contributed by atoms with van der Waals surface area (Å²) in [5.74, 6) is -0.653. The molecule has 0 aliphatic carbocycles. The second kappa shape index (κ2) is 4.56. The Bertz CT molecular complexity index is 388.